The van der Waals surface area contributed by atoms with Crippen LogP contribution in [0.2, 0.25) is 0 Å². The Kier molecular flexibility index (Phi) is 5.87. The van der Waals surface area contributed by atoms with Crippen LogP contribution in [0.15, 0.2) is 29.2 Å². The highest BCUT2D eigenvalue weighted by Crippen LogP contribution is 2.48. The molecule has 1 aliphatic heterocycles. The van der Waals surface area contributed by atoms with Crippen LogP contribution in [0.4, 0.5) is 0 Å². The molecule has 1 aromatic rings. The van der Waals surface area contributed by atoms with Crippen LogP contribution >= 0.6 is 0 Å². The Balaban J connectivity index is 1.61. The van der Waals surface area contributed by atoms with Crippen LogP contribution < -0.4 is 4.74 Å². The summed E-state index contributed by atoms with van der Waals surface area (Å²) in [4.78, 5) is 2.37. The number of sulfonamides is 1. The van der Waals surface area contributed by atoms with Gasteiger partial charge in [-0.15, -0.1) is 0 Å². The van der Waals surface area contributed by atoms with Crippen LogP contribution in [0.5, 0.6) is 5.75 Å². The van der Waals surface area contributed by atoms with Gasteiger partial charge in [-0.3, -0.25) is 0 Å². The lowest BCUT2D eigenvalue weighted by Gasteiger charge is -2.48. The predicted octanol–water partition coefficient (Wildman–Crippen LogP) is 2.33. The lowest BCUT2D eigenvalue weighted by atomic mass is 9.64. The molecule has 1 aliphatic carbocycles. The fraction of sp³-hybridized carbons (Fsp3) is 0.700. The van der Waals surface area contributed by atoms with Crippen LogP contribution in [0.3, 0.4) is 0 Å². The second kappa shape index (κ2) is 7.70. The van der Waals surface area contributed by atoms with Gasteiger partial charge in [0.15, 0.2) is 0 Å². The molecule has 1 aromatic carbocycles. The van der Waals surface area contributed by atoms with Crippen molar-refractivity contribution in [2.75, 3.05) is 40.8 Å². The summed E-state index contributed by atoms with van der Waals surface area (Å²) in [5.41, 5.74) is -0.411. The Morgan fingerprint density at radius 2 is 1.59 bits per heavy atom. The first-order valence-electron chi connectivity index (χ1n) is 9.70. The number of benzene rings is 1. The molecule has 0 radical (unpaired) electrons. The highest BCUT2D eigenvalue weighted by Gasteiger charge is 2.44. The zero-order valence-electron chi connectivity index (χ0n) is 16.6. The summed E-state index contributed by atoms with van der Waals surface area (Å²) in [5.74, 6) is 0.652. The highest BCUT2D eigenvalue weighted by atomic mass is 32.2. The number of rotatable bonds is 5. The van der Waals surface area contributed by atoms with Crippen molar-refractivity contribution in [2.24, 2.45) is 5.41 Å². The molecule has 0 atom stereocenters. The molecule has 0 amide bonds. The summed E-state index contributed by atoms with van der Waals surface area (Å²) < 4.78 is 32.6. The van der Waals surface area contributed by atoms with Gasteiger partial charge in [-0.1, -0.05) is 0 Å². The summed E-state index contributed by atoms with van der Waals surface area (Å²) in [6, 6.07) is 6.59. The molecule has 7 heteroatoms. The van der Waals surface area contributed by atoms with Crippen LogP contribution in [0, 0.1) is 5.41 Å². The van der Waals surface area contributed by atoms with Crippen molar-refractivity contribution in [3.05, 3.63) is 24.3 Å². The maximum Gasteiger partial charge on any atom is 0.243 e. The van der Waals surface area contributed by atoms with Crippen molar-refractivity contribution in [3.8, 4) is 5.75 Å². The number of likely N-dealkylation sites (N-methyl/N-ethyl adjacent to an activating group) is 1. The summed E-state index contributed by atoms with van der Waals surface area (Å²) in [6.45, 7) is 1.81. The third-order valence-corrected chi connectivity index (χ3v) is 8.25. The minimum Gasteiger partial charge on any atom is -0.497 e. The maximum atomic E-state index is 12.9. The topological polar surface area (TPSA) is 70.1 Å². The molecule has 27 heavy (non-hydrogen) atoms. The zero-order chi connectivity index (χ0) is 19.7. The minimum atomic E-state index is -3.46. The SMILES string of the molecule is COc1ccc(S(=O)(=O)N2CCC3(CC2)CCC(O)(CN(C)C)CC3)cc1. The molecule has 1 N–H and O–H groups in total. The first-order chi connectivity index (χ1) is 12.7. The van der Waals surface area contributed by atoms with Crippen LogP contribution in [0.25, 0.3) is 0 Å². The second-order valence-corrected chi connectivity index (χ2v) is 10.5. The Hall–Kier alpha value is -1.15. The average Bonchev–Trinajstić information content (AvgIpc) is 2.64. The number of hydrogen-bond donors (Lipinski definition) is 1. The standard InChI is InChI=1S/C20H32N2O4S/c1-21(2)16-20(23)10-8-19(9-11-20)12-14-22(15-13-19)27(24,25)18-6-4-17(26-3)5-7-18/h4-7,23H,8-16H2,1-3H3. The van der Waals surface area contributed by atoms with E-state index in [-0.39, 0.29) is 5.41 Å². The Bertz CT molecular complexity index is 728. The van der Waals surface area contributed by atoms with Gasteiger partial charge in [0.25, 0.3) is 0 Å². The van der Waals surface area contributed by atoms with Gasteiger partial charge in [-0.2, -0.15) is 4.31 Å². The van der Waals surface area contributed by atoms with Gasteiger partial charge < -0.3 is 14.7 Å². The van der Waals surface area contributed by atoms with E-state index in [1.54, 1.807) is 35.7 Å². The largest absolute Gasteiger partial charge is 0.497 e. The van der Waals surface area contributed by atoms with E-state index >= 15 is 0 Å². The molecular weight excluding hydrogens is 364 g/mol. The monoisotopic (exact) mass is 396 g/mol. The van der Waals surface area contributed by atoms with Gasteiger partial charge in [0.2, 0.25) is 10.0 Å². The number of ether oxygens (including phenoxy) is 1. The number of nitrogens with zero attached hydrogens (tertiary/aromatic N) is 2. The molecule has 3 rings (SSSR count). The van der Waals surface area contributed by atoms with E-state index in [1.807, 2.05) is 19.0 Å². The summed E-state index contributed by atoms with van der Waals surface area (Å²) in [5, 5.41) is 10.8. The molecule has 2 fully saturated rings. The molecule has 1 heterocycles. The molecule has 6 nitrogen and oxygen atoms in total. The summed E-state index contributed by atoms with van der Waals surface area (Å²) in [7, 11) is 2.09. The van der Waals surface area contributed by atoms with Crippen molar-refractivity contribution < 1.29 is 18.3 Å². The van der Waals surface area contributed by atoms with Gasteiger partial charge in [0.1, 0.15) is 5.75 Å². The fourth-order valence-electron chi connectivity index (χ4n) is 4.59. The van der Waals surface area contributed by atoms with Gasteiger partial charge in [-0.25, -0.2) is 8.42 Å². The number of methoxy groups -OCH3 is 1. The molecule has 152 valence electrons. The van der Waals surface area contributed by atoms with E-state index < -0.39 is 15.6 Å². The lowest BCUT2D eigenvalue weighted by molar-refractivity contribution is -0.0592. The first-order valence-corrected chi connectivity index (χ1v) is 11.1. The normalized spacial score (nSPS) is 22.9. The zero-order valence-corrected chi connectivity index (χ0v) is 17.5. The predicted molar refractivity (Wildman–Crippen MR) is 105 cm³/mol. The van der Waals surface area contributed by atoms with Gasteiger partial charge in [0, 0.05) is 19.6 Å². The smallest absolute Gasteiger partial charge is 0.243 e. The molecule has 2 aliphatic rings. The maximum absolute atomic E-state index is 12.9. The Morgan fingerprint density at radius 1 is 1.04 bits per heavy atom. The molecule has 0 bridgehead atoms. The third-order valence-electron chi connectivity index (χ3n) is 6.33. The number of hydrogen-bond acceptors (Lipinski definition) is 5. The Labute approximate surface area is 163 Å². The van der Waals surface area contributed by atoms with Gasteiger partial charge in [-0.05, 0) is 82.3 Å². The molecule has 1 saturated heterocycles. The Morgan fingerprint density at radius 3 is 2.07 bits per heavy atom. The summed E-state index contributed by atoms with van der Waals surface area (Å²) in [6.07, 6.45) is 5.31. The number of piperidine rings is 1. The minimum absolute atomic E-state index is 0.185. The number of aliphatic hydroxyl groups is 1. The molecule has 0 unspecified atom stereocenters. The second-order valence-electron chi connectivity index (χ2n) is 8.54. The molecule has 1 spiro atoms. The fourth-order valence-corrected chi connectivity index (χ4v) is 6.03. The van der Waals surface area contributed by atoms with E-state index in [0.717, 1.165) is 38.5 Å². The third kappa shape index (κ3) is 4.47. The van der Waals surface area contributed by atoms with E-state index in [0.29, 0.717) is 30.3 Å². The van der Waals surface area contributed by atoms with Gasteiger partial charge in [0.05, 0.1) is 17.6 Å². The van der Waals surface area contributed by atoms with E-state index in [1.165, 1.54) is 0 Å². The highest BCUT2D eigenvalue weighted by molar-refractivity contribution is 7.89. The van der Waals surface area contributed by atoms with Crippen LogP contribution in [-0.2, 0) is 10.0 Å². The first kappa shape index (κ1) is 20.6. The van der Waals surface area contributed by atoms with Crippen molar-refractivity contribution in [3.63, 3.8) is 0 Å². The lowest BCUT2D eigenvalue weighted by Crippen LogP contribution is -2.49. The summed E-state index contributed by atoms with van der Waals surface area (Å²) >= 11 is 0. The molecule has 0 aromatic heterocycles. The van der Waals surface area contributed by atoms with Crippen molar-refractivity contribution in [1.82, 2.24) is 9.21 Å². The van der Waals surface area contributed by atoms with Crippen LogP contribution in [-0.4, -0.2) is 69.2 Å². The average molecular weight is 397 g/mol. The van der Waals surface area contributed by atoms with Crippen molar-refractivity contribution in [1.29, 1.82) is 0 Å². The van der Waals surface area contributed by atoms with E-state index in [9.17, 15) is 13.5 Å². The van der Waals surface area contributed by atoms with Gasteiger partial charge >= 0.3 is 0 Å². The quantitative estimate of drug-likeness (QED) is 0.827. The van der Waals surface area contributed by atoms with Crippen molar-refractivity contribution in [2.45, 2.75) is 49.0 Å². The molecule has 1 saturated carbocycles. The van der Waals surface area contributed by atoms with E-state index in [4.69, 9.17) is 4.74 Å². The van der Waals surface area contributed by atoms with Crippen molar-refractivity contribution >= 4 is 10.0 Å². The van der Waals surface area contributed by atoms with E-state index in [2.05, 4.69) is 0 Å². The molecular formula is C20H32N2O4S. The van der Waals surface area contributed by atoms with Crippen LogP contribution in [0.1, 0.15) is 38.5 Å².